The van der Waals surface area contributed by atoms with Gasteiger partial charge in [0.1, 0.15) is 0 Å². The molecule has 2 fully saturated rings. The number of hydrogen-bond donors (Lipinski definition) is 1. The summed E-state index contributed by atoms with van der Waals surface area (Å²) in [6.07, 6.45) is 3.81. The van der Waals surface area contributed by atoms with Crippen LogP contribution in [0.15, 0.2) is 0 Å². The first-order chi connectivity index (χ1) is 5.34. The highest BCUT2D eigenvalue weighted by Gasteiger charge is 2.26. The standard InChI is InChI=1S/C8H15NO2/c10-8-5-9(11-6-8)4-7-2-1-3-7/h7-8,10H,1-6H2. The average molecular weight is 157 g/mol. The molecule has 0 aromatic heterocycles. The van der Waals surface area contributed by atoms with Crippen LogP contribution >= 0.6 is 0 Å². The highest BCUT2D eigenvalue weighted by molar-refractivity contribution is 4.74. The second-order valence-corrected chi connectivity index (χ2v) is 3.59. The maximum Gasteiger partial charge on any atom is 0.0958 e. The van der Waals surface area contributed by atoms with Crippen LogP contribution in [0.4, 0.5) is 0 Å². The molecule has 64 valence electrons. The van der Waals surface area contributed by atoms with Crippen molar-refractivity contribution in [1.82, 2.24) is 5.06 Å². The Morgan fingerprint density at radius 3 is 2.73 bits per heavy atom. The molecule has 3 heteroatoms. The minimum atomic E-state index is -0.255. The van der Waals surface area contributed by atoms with Gasteiger partial charge in [0.25, 0.3) is 0 Å². The van der Waals surface area contributed by atoms with Crippen molar-refractivity contribution in [1.29, 1.82) is 0 Å². The molecule has 1 N–H and O–H groups in total. The van der Waals surface area contributed by atoms with Crippen LogP contribution in [-0.2, 0) is 4.84 Å². The third kappa shape index (κ3) is 1.72. The van der Waals surface area contributed by atoms with E-state index in [1.165, 1.54) is 19.3 Å². The van der Waals surface area contributed by atoms with Crippen LogP contribution in [0.3, 0.4) is 0 Å². The summed E-state index contributed by atoms with van der Waals surface area (Å²) in [7, 11) is 0. The number of aliphatic hydroxyl groups excluding tert-OH is 1. The number of aliphatic hydroxyl groups is 1. The van der Waals surface area contributed by atoms with E-state index in [4.69, 9.17) is 9.94 Å². The summed E-state index contributed by atoms with van der Waals surface area (Å²) < 4.78 is 0. The van der Waals surface area contributed by atoms with Crippen molar-refractivity contribution in [2.24, 2.45) is 5.92 Å². The van der Waals surface area contributed by atoms with Gasteiger partial charge in [-0.05, 0) is 18.8 Å². The largest absolute Gasteiger partial charge is 0.389 e. The van der Waals surface area contributed by atoms with Crippen molar-refractivity contribution in [2.75, 3.05) is 19.7 Å². The van der Waals surface area contributed by atoms with Crippen LogP contribution in [0.2, 0.25) is 0 Å². The van der Waals surface area contributed by atoms with Gasteiger partial charge in [0.05, 0.1) is 19.3 Å². The molecule has 3 nitrogen and oxygen atoms in total. The Morgan fingerprint density at radius 2 is 2.27 bits per heavy atom. The van der Waals surface area contributed by atoms with Crippen molar-refractivity contribution in [2.45, 2.75) is 25.4 Å². The smallest absolute Gasteiger partial charge is 0.0958 e. The predicted molar refractivity (Wildman–Crippen MR) is 40.9 cm³/mol. The lowest BCUT2D eigenvalue weighted by Gasteiger charge is -2.28. The lowest BCUT2D eigenvalue weighted by molar-refractivity contribution is -0.124. The maximum atomic E-state index is 9.14. The quantitative estimate of drug-likeness (QED) is 0.629. The minimum Gasteiger partial charge on any atom is -0.389 e. The van der Waals surface area contributed by atoms with Crippen LogP contribution in [0.25, 0.3) is 0 Å². The molecule has 0 aromatic rings. The van der Waals surface area contributed by atoms with Crippen molar-refractivity contribution < 1.29 is 9.94 Å². The number of nitrogens with zero attached hydrogens (tertiary/aromatic N) is 1. The van der Waals surface area contributed by atoms with Crippen molar-refractivity contribution >= 4 is 0 Å². The first-order valence-electron chi connectivity index (χ1n) is 4.40. The summed E-state index contributed by atoms with van der Waals surface area (Å²) in [5.41, 5.74) is 0. The Labute approximate surface area is 66.9 Å². The van der Waals surface area contributed by atoms with Gasteiger partial charge in [-0.3, -0.25) is 4.84 Å². The van der Waals surface area contributed by atoms with Gasteiger partial charge < -0.3 is 5.11 Å². The molecule has 0 spiro atoms. The first kappa shape index (κ1) is 7.53. The number of β-amino-alcohol motifs (C(OH)–C–C–N with tert-alkyl or cyclic N) is 1. The fourth-order valence-electron chi connectivity index (χ4n) is 1.62. The summed E-state index contributed by atoms with van der Waals surface area (Å²) in [5, 5.41) is 11.0. The molecular weight excluding hydrogens is 142 g/mol. The monoisotopic (exact) mass is 157 g/mol. The minimum absolute atomic E-state index is 0.255. The van der Waals surface area contributed by atoms with E-state index in [2.05, 4.69) is 0 Å². The predicted octanol–water partition coefficient (Wildman–Crippen LogP) is 0.395. The molecule has 1 saturated carbocycles. The Balaban J connectivity index is 1.70. The van der Waals surface area contributed by atoms with Crippen molar-refractivity contribution in [3.63, 3.8) is 0 Å². The van der Waals surface area contributed by atoms with Gasteiger partial charge in [-0.2, -0.15) is 5.06 Å². The SMILES string of the molecule is OC1CON(CC2CCC2)C1. The molecule has 0 radical (unpaired) electrons. The normalized spacial score (nSPS) is 34.1. The third-order valence-electron chi connectivity index (χ3n) is 2.55. The fourth-order valence-corrected chi connectivity index (χ4v) is 1.62. The summed E-state index contributed by atoms with van der Waals surface area (Å²) in [4.78, 5) is 5.25. The van der Waals surface area contributed by atoms with Gasteiger partial charge in [0.15, 0.2) is 0 Å². The van der Waals surface area contributed by atoms with Gasteiger partial charge in [0, 0.05) is 6.54 Å². The average Bonchev–Trinajstić information content (AvgIpc) is 2.27. The zero-order chi connectivity index (χ0) is 7.68. The molecule has 0 amide bonds. The van der Waals surface area contributed by atoms with Gasteiger partial charge in [-0.15, -0.1) is 0 Å². The highest BCUT2D eigenvalue weighted by atomic mass is 16.7. The van der Waals surface area contributed by atoms with Gasteiger partial charge in [-0.25, -0.2) is 0 Å². The second kappa shape index (κ2) is 3.09. The van der Waals surface area contributed by atoms with E-state index in [1.807, 2.05) is 5.06 Å². The third-order valence-corrected chi connectivity index (χ3v) is 2.55. The van der Waals surface area contributed by atoms with E-state index in [0.29, 0.717) is 13.2 Å². The molecule has 1 atom stereocenters. The second-order valence-electron chi connectivity index (χ2n) is 3.59. The zero-order valence-electron chi connectivity index (χ0n) is 6.70. The number of hydrogen-bond acceptors (Lipinski definition) is 3. The van der Waals surface area contributed by atoms with Crippen LogP contribution in [0.5, 0.6) is 0 Å². The fraction of sp³-hybridized carbons (Fsp3) is 1.00. The molecule has 1 unspecified atom stereocenters. The number of rotatable bonds is 2. The molecule has 0 bridgehead atoms. The summed E-state index contributed by atoms with van der Waals surface area (Å²) in [6.45, 7) is 2.22. The van der Waals surface area contributed by atoms with E-state index >= 15 is 0 Å². The Bertz CT molecular complexity index is 136. The summed E-state index contributed by atoms with van der Waals surface area (Å²) >= 11 is 0. The molecule has 2 rings (SSSR count). The first-order valence-corrected chi connectivity index (χ1v) is 4.40. The highest BCUT2D eigenvalue weighted by Crippen LogP contribution is 2.27. The van der Waals surface area contributed by atoms with Crippen LogP contribution in [0.1, 0.15) is 19.3 Å². The van der Waals surface area contributed by atoms with Crippen LogP contribution < -0.4 is 0 Å². The van der Waals surface area contributed by atoms with E-state index in [0.717, 1.165) is 12.5 Å². The molecule has 2 aliphatic rings. The lowest BCUT2D eigenvalue weighted by Crippen LogP contribution is -2.30. The summed E-state index contributed by atoms with van der Waals surface area (Å²) in [6, 6.07) is 0. The maximum absolute atomic E-state index is 9.14. The number of hydroxylamine groups is 2. The lowest BCUT2D eigenvalue weighted by atomic mass is 9.85. The molecule has 11 heavy (non-hydrogen) atoms. The molecule has 1 aliphatic carbocycles. The molecule has 1 aliphatic heterocycles. The molecule has 1 heterocycles. The summed E-state index contributed by atoms with van der Waals surface area (Å²) in [5.74, 6) is 0.834. The van der Waals surface area contributed by atoms with E-state index in [1.54, 1.807) is 0 Å². The van der Waals surface area contributed by atoms with Crippen LogP contribution in [0, 0.1) is 5.92 Å². The van der Waals surface area contributed by atoms with Gasteiger partial charge in [-0.1, -0.05) is 6.42 Å². The molecule has 1 saturated heterocycles. The van der Waals surface area contributed by atoms with Crippen molar-refractivity contribution in [3.8, 4) is 0 Å². The van der Waals surface area contributed by atoms with Gasteiger partial charge in [0.2, 0.25) is 0 Å². The van der Waals surface area contributed by atoms with Gasteiger partial charge >= 0.3 is 0 Å². The topological polar surface area (TPSA) is 32.7 Å². The molecular formula is C8H15NO2. The Kier molecular flexibility index (Phi) is 2.11. The van der Waals surface area contributed by atoms with E-state index in [-0.39, 0.29) is 6.10 Å². The zero-order valence-corrected chi connectivity index (χ0v) is 6.70. The van der Waals surface area contributed by atoms with E-state index < -0.39 is 0 Å². The Hall–Kier alpha value is -0.120. The van der Waals surface area contributed by atoms with Crippen molar-refractivity contribution in [3.05, 3.63) is 0 Å². The van der Waals surface area contributed by atoms with Crippen LogP contribution in [-0.4, -0.2) is 36.0 Å². The molecule has 0 aromatic carbocycles. The van der Waals surface area contributed by atoms with E-state index in [9.17, 15) is 0 Å². The Morgan fingerprint density at radius 1 is 1.45 bits per heavy atom.